The van der Waals surface area contributed by atoms with Crippen LogP contribution in [0.5, 0.6) is 0 Å². The Hall–Kier alpha value is -2.79. The van der Waals surface area contributed by atoms with E-state index in [-0.39, 0.29) is 0 Å². The first-order valence-corrected chi connectivity index (χ1v) is 8.61. The van der Waals surface area contributed by atoms with Crippen molar-refractivity contribution in [2.45, 2.75) is 32.2 Å². The molecule has 1 heterocycles. The number of hydrogen-bond donors (Lipinski definition) is 0. The fourth-order valence-electron chi connectivity index (χ4n) is 3.19. The fraction of sp³-hybridized carbons (Fsp3) is 0.227. The van der Waals surface area contributed by atoms with Gasteiger partial charge < -0.3 is 0 Å². The molecule has 0 bridgehead atoms. The van der Waals surface area contributed by atoms with Gasteiger partial charge in [-0.25, -0.2) is 0 Å². The fourth-order valence-corrected chi connectivity index (χ4v) is 3.19. The van der Waals surface area contributed by atoms with Gasteiger partial charge in [0.15, 0.2) is 0 Å². The second-order valence-electron chi connectivity index (χ2n) is 6.23. The van der Waals surface area contributed by atoms with E-state index in [4.69, 9.17) is 5.10 Å². The highest BCUT2D eigenvalue weighted by Crippen LogP contribution is 2.20. The van der Waals surface area contributed by atoms with Gasteiger partial charge in [-0.3, -0.25) is 4.68 Å². The summed E-state index contributed by atoms with van der Waals surface area (Å²) in [5, 5.41) is 5.92. The summed E-state index contributed by atoms with van der Waals surface area (Å²) in [6.07, 6.45) is 7.09. The number of hydrogen-bond acceptors (Lipinski definition) is 1. The molecule has 0 saturated carbocycles. The number of rotatable bonds is 2. The van der Waals surface area contributed by atoms with Gasteiger partial charge in [0.05, 0.1) is 12.1 Å². The van der Waals surface area contributed by atoms with Gasteiger partial charge in [-0.2, -0.15) is 5.10 Å². The number of benzene rings is 2. The minimum atomic E-state index is 0.770. The maximum atomic E-state index is 4.78. The van der Waals surface area contributed by atoms with E-state index < -0.39 is 0 Å². The lowest BCUT2D eigenvalue weighted by Gasteiger charge is -2.05. The van der Waals surface area contributed by atoms with Crippen LogP contribution < -0.4 is 0 Å². The average Bonchev–Trinajstić information content (AvgIpc) is 3.00. The second-order valence-corrected chi connectivity index (χ2v) is 6.23. The van der Waals surface area contributed by atoms with E-state index in [0.29, 0.717) is 0 Å². The molecule has 2 nitrogen and oxygen atoms in total. The van der Waals surface area contributed by atoms with Crippen molar-refractivity contribution in [2.24, 2.45) is 0 Å². The molecule has 0 unspecified atom stereocenters. The first-order chi connectivity index (χ1) is 11.9. The Bertz CT molecular complexity index is 936. The number of para-hydroxylation sites is 1. The summed E-state index contributed by atoms with van der Waals surface area (Å²) in [7, 11) is 0. The molecule has 1 aliphatic carbocycles. The summed E-state index contributed by atoms with van der Waals surface area (Å²) in [4.78, 5) is 0. The van der Waals surface area contributed by atoms with Crippen molar-refractivity contribution in [1.29, 1.82) is 0 Å². The number of allylic oxidation sites excluding steroid dienone is 2. The maximum absolute atomic E-state index is 4.78. The predicted octanol–water partition coefficient (Wildman–Crippen LogP) is 4.94. The van der Waals surface area contributed by atoms with Crippen LogP contribution in [0.2, 0.25) is 0 Å². The maximum Gasteiger partial charge on any atom is 0.143 e. The van der Waals surface area contributed by atoms with Crippen LogP contribution in [0, 0.1) is 11.8 Å². The quantitative estimate of drug-likeness (QED) is 0.613. The normalized spacial score (nSPS) is 14.1. The SMILES string of the molecule is C(#Cc1nn(Cc2ccccc2)c2ccccc12)C1=CCCCC1. The van der Waals surface area contributed by atoms with Crippen LogP contribution in [-0.2, 0) is 6.54 Å². The average molecular weight is 312 g/mol. The standard InChI is InChI=1S/C22H20N2/c1-3-9-18(10-4-1)15-16-21-20-13-7-8-14-22(20)24(23-21)17-19-11-5-2-6-12-19/h2,5-9,11-14H,1,3-4,10,17H2. The zero-order valence-electron chi connectivity index (χ0n) is 13.7. The van der Waals surface area contributed by atoms with Gasteiger partial charge in [0, 0.05) is 5.39 Å². The Balaban J connectivity index is 1.71. The molecule has 24 heavy (non-hydrogen) atoms. The Labute approximate surface area is 142 Å². The van der Waals surface area contributed by atoms with Crippen LogP contribution in [0.15, 0.2) is 66.2 Å². The molecule has 1 aromatic heterocycles. The van der Waals surface area contributed by atoms with E-state index in [1.807, 2.05) is 6.07 Å². The lowest BCUT2D eigenvalue weighted by Crippen LogP contribution is -2.01. The van der Waals surface area contributed by atoms with Gasteiger partial charge in [0.25, 0.3) is 0 Å². The monoisotopic (exact) mass is 312 g/mol. The van der Waals surface area contributed by atoms with Crippen molar-refractivity contribution < 1.29 is 0 Å². The van der Waals surface area contributed by atoms with Crippen LogP contribution in [0.3, 0.4) is 0 Å². The molecule has 0 radical (unpaired) electrons. The largest absolute Gasteiger partial charge is 0.259 e. The van der Waals surface area contributed by atoms with Gasteiger partial charge in [0.2, 0.25) is 0 Å². The van der Waals surface area contributed by atoms with Crippen molar-refractivity contribution in [3.63, 3.8) is 0 Å². The van der Waals surface area contributed by atoms with Crippen molar-refractivity contribution in [3.05, 3.63) is 77.5 Å². The first kappa shape index (κ1) is 14.8. The number of aromatic nitrogens is 2. The van der Waals surface area contributed by atoms with Crippen molar-refractivity contribution >= 4 is 10.9 Å². The predicted molar refractivity (Wildman–Crippen MR) is 98.7 cm³/mol. The Morgan fingerprint density at radius 3 is 2.58 bits per heavy atom. The molecular formula is C22H20N2. The molecule has 0 N–H and O–H groups in total. The summed E-state index contributed by atoms with van der Waals surface area (Å²) >= 11 is 0. The third-order valence-electron chi connectivity index (χ3n) is 4.47. The van der Waals surface area contributed by atoms with Gasteiger partial charge in [0.1, 0.15) is 5.69 Å². The molecule has 118 valence electrons. The van der Waals surface area contributed by atoms with Gasteiger partial charge >= 0.3 is 0 Å². The molecule has 0 aliphatic heterocycles. The summed E-state index contributed by atoms with van der Waals surface area (Å²) < 4.78 is 2.06. The van der Waals surface area contributed by atoms with E-state index in [0.717, 1.165) is 36.0 Å². The highest BCUT2D eigenvalue weighted by Gasteiger charge is 2.09. The number of nitrogens with zero attached hydrogens (tertiary/aromatic N) is 2. The topological polar surface area (TPSA) is 17.8 Å². The third-order valence-corrected chi connectivity index (χ3v) is 4.47. The molecule has 2 aromatic carbocycles. The molecule has 0 amide bonds. The van der Waals surface area contributed by atoms with E-state index in [1.165, 1.54) is 24.0 Å². The second kappa shape index (κ2) is 6.76. The molecule has 0 saturated heterocycles. The molecule has 4 rings (SSSR count). The van der Waals surface area contributed by atoms with Crippen LogP contribution in [0.4, 0.5) is 0 Å². The van der Waals surface area contributed by atoms with Crippen LogP contribution in [-0.4, -0.2) is 9.78 Å². The van der Waals surface area contributed by atoms with Crippen molar-refractivity contribution in [1.82, 2.24) is 9.78 Å². The molecular weight excluding hydrogens is 292 g/mol. The Morgan fingerprint density at radius 1 is 0.917 bits per heavy atom. The minimum Gasteiger partial charge on any atom is -0.259 e. The molecule has 0 fully saturated rings. The summed E-state index contributed by atoms with van der Waals surface area (Å²) in [6.45, 7) is 0.770. The van der Waals surface area contributed by atoms with E-state index in [9.17, 15) is 0 Å². The zero-order valence-corrected chi connectivity index (χ0v) is 13.7. The third kappa shape index (κ3) is 3.12. The van der Waals surface area contributed by atoms with E-state index in [2.05, 4.69) is 71.1 Å². The molecule has 0 atom stereocenters. The van der Waals surface area contributed by atoms with Gasteiger partial charge in [-0.05, 0) is 54.9 Å². The lowest BCUT2D eigenvalue weighted by molar-refractivity contribution is 0.708. The Morgan fingerprint density at radius 2 is 1.75 bits per heavy atom. The first-order valence-electron chi connectivity index (χ1n) is 8.61. The van der Waals surface area contributed by atoms with Crippen molar-refractivity contribution in [2.75, 3.05) is 0 Å². The highest BCUT2D eigenvalue weighted by molar-refractivity contribution is 5.84. The molecule has 1 aliphatic rings. The number of fused-ring (bicyclic) bond motifs is 1. The van der Waals surface area contributed by atoms with Crippen LogP contribution in [0.25, 0.3) is 10.9 Å². The molecule has 0 spiro atoms. The summed E-state index contributed by atoms with van der Waals surface area (Å²) in [5.41, 5.74) is 4.54. The molecule has 3 aromatic rings. The van der Waals surface area contributed by atoms with E-state index in [1.54, 1.807) is 0 Å². The highest BCUT2D eigenvalue weighted by atomic mass is 15.3. The lowest BCUT2D eigenvalue weighted by atomic mass is 10.00. The summed E-state index contributed by atoms with van der Waals surface area (Å²) in [5.74, 6) is 6.66. The molecule has 2 heteroatoms. The summed E-state index contributed by atoms with van der Waals surface area (Å²) in [6, 6.07) is 18.8. The van der Waals surface area contributed by atoms with Crippen molar-refractivity contribution in [3.8, 4) is 11.8 Å². The van der Waals surface area contributed by atoms with Gasteiger partial charge in [-0.1, -0.05) is 54.5 Å². The van der Waals surface area contributed by atoms with Crippen LogP contribution in [0.1, 0.15) is 36.9 Å². The zero-order chi connectivity index (χ0) is 16.2. The smallest absolute Gasteiger partial charge is 0.143 e. The van der Waals surface area contributed by atoms with Crippen LogP contribution >= 0.6 is 0 Å². The Kier molecular flexibility index (Phi) is 4.16. The minimum absolute atomic E-state index is 0.770. The van der Waals surface area contributed by atoms with E-state index >= 15 is 0 Å². The van der Waals surface area contributed by atoms with Gasteiger partial charge in [-0.15, -0.1) is 0 Å².